The van der Waals surface area contributed by atoms with Gasteiger partial charge < -0.3 is 14.1 Å². The number of amides is 1. The van der Waals surface area contributed by atoms with Crippen LogP contribution in [0.25, 0.3) is 0 Å². The van der Waals surface area contributed by atoms with E-state index in [1.807, 2.05) is 36.9 Å². The van der Waals surface area contributed by atoms with E-state index in [2.05, 4.69) is 17.0 Å². The smallest absolute Gasteiger partial charge is 0.257 e. The summed E-state index contributed by atoms with van der Waals surface area (Å²) >= 11 is 0. The Kier molecular flexibility index (Phi) is 5.43. The van der Waals surface area contributed by atoms with E-state index in [0.717, 1.165) is 50.7 Å². The summed E-state index contributed by atoms with van der Waals surface area (Å²) in [4.78, 5) is 17.1. The largest absolute Gasteiger partial charge is 0.497 e. The van der Waals surface area contributed by atoms with E-state index in [-0.39, 0.29) is 5.91 Å². The molecule has 2 aromatic rings. The Labute approximate surface area is 149 Å². The molecule has 0 radical (unpaired) electrons. The zero-order valence-corrected chi connectivity index (χ0v) is 15.2. The summed E-state index contributed by atoms with van der Waals surface area (Å²) in [6.45, 7) is 8.01. The Bertz CT molecular complexity index is 738. The number of rotatable bonds is 4. The van der Waals surface area contributed by atoms with Gasteiger partial charge in [-0.25, -0.2) is 0 Å². The molecule has 0 bridgehead atoms. The van der Waals surface area contributed by atoms with Gasteiger partial charge in [-0.1, -0.05) is 12.1 Å². The van der Waals surface area contributed by atoms with Gasteiger partial charge in [-0.3, -0.25) is 9.69 Å². The summed E-state index contributed by atoms with van der Waals surface area (Å²) < 4.78 is 10.8. The minimum atomic E-state index is 0.0811. The van der Waals surface area contributed by atoms with Gasteiger partial charge in [0.15, 0.2) is 0 Å². The van der Waals surface area contributed by atoms with E-state index in [1.165, 1.54) is 5.56 Å². The first-order chi connectivity index (χ1) is 12.1. The Hall–Kier alpha value is -2.27. The number of ether oxygens (including phenoxy) is 1. The number of carbonyl (C=O) groups is 1. The van der Waals surface area contributed by atoms with Crippen molar-refractivity contribution in [1.82, 2.24) is 9.80 Å². The molecule has 1 aliphatic heterocycles. The van der Waals surface area contributed by atoms with Gasteiger partial charge in [0.1, 0.15) is 17.3 Å². The molecule has 2 heterocycles. The van der Waals surface area contributed by atoms with E-state index < -0.39 is 0 Å². The summed E-state index contributed by atoms with van der Waals surface area (Å²) in [6, 6.07) is 10.0. The first kappa shape index (κ1) is 17.5. The van der Waals surface area contributed by atoms with E-state index in [1.54, 1.807) is 7.11 Å². The van der Waals surface area contributed by atoms with Crippen molar-refractivity contribution in [3.8, 4) is 5.75 Å². The van der Waals surface area contributed by atoms with E-state index in [0.29, 0.717) is 11.3 Å². The third-order valence-electron chi connectivity index (χ3n) is 4.69. The van der Waals surface area contributed by atoms with Crippen LogP contribution in [0.5, 0.6) is 5.75 Å². The zero-order valence-electron chi connectivity index (χ0n) is 15.2. The van der Waals surface area contributed by atoms with Gasteiger partial charge in [0.25, 0.3) is 5.91 Å². The molecule has 1 amide bonds. The highest BCUT2D eigenvalue weighted by Gasteiger charge is 2.23. The lowest BCUT2D eigenvalue weighted by atomic mass is 10.2. The van der Waals surface area contributed by atoms with Crippen LogP contribution in [0, 0.1) is 13.8 Å². The first-order valence-electron chi connectivity index (χ1n) is 8.78. The molecule has 0 N–H and O–H groups in total. The second-order valence-corrected chi connectivity index (χ2v) is 6.60. The maximum Gasteiger partial charge on any atom is 0.257 e. The Morgan fingerprint density at radius 1 is 1.16 bits per heavy atom. The maximum atomic E-state index is 12.8. The van der Waals surface area contributed by atoms with Gasteiger partial charge >= 0.3 is 0 Å². The van der Waals surface area contributed by atoms with Gasteiger partial charge in [-0.05, 0) is 44.0 Å². The molecule has 1 aromatic carbocycles. The predicted octanol–water partition coefficient (Wildman–Crippen LogP) is 3.25. The number of nitrogens with zero attached hydrogens (tertiary/aromatic N) is 2. The van der Waals surface area contributed by atoms with Crippen LogP contribution >= 0.6 is 0 Å². The molecule has 3 rings (SSSR count). The highest BCUT2D eigenvalue weighted by Crippen LogP contribution is 2.19. The number of furan rings is 1. The monoisotopic (exact) mass is 342 g/mol. The van der Waals surface area contributed by atoms with Crippen molar-refractivity contribution in [2.24, 2.45) is 0 Å². The minimum absolute atomic E-state index is 0.0811. The third kappa shape index (κ3) is 4.23. The minimum Gasteiger partial charge on any atom is -0.497 e. The van der Waals surface area contributed by atoms with Crippen LogP contribution < -0.4 is 4.74 Å². The molecule has 1 aliphatic rings. The summed E-state index contributed by atoms with van der Waals surface area (Å²) in [5.41, 5.74) is 1.93. The molecule has 0 spiro atoms. The maximum absolute atomic E-state index is 12.8. The van der Waals surface area contributed by atoms with Crippen molar-refractivity contribution in [1.29, 1.82) is 0 Å². The van der Waals surface area contributed by atoms with E-state index in [4.69, 9.17) is 9.15 Å². The highest BCUT2D eigenvalue weighted by molar-refractivity contribution is 5.95. The van der Waals surface area contributed by atoms with Crippen LogP contribution in [0.1, 0.15) is 33.9 Å². The second-order valence-electron chi connectivity index (χ2n) is 6.60. The number of carbonyl (C=O) groups excluding carboxylic acids is 1. The lowest BCUT2D eigenvalue weighted by Crippen LogP contribution is -2.35. The molecular formula is C20H26N2O3. The summed E-state index contributed by atoms with van der Waals surface area (Å²) in [7, 11) is 1.69. The molecular weight excluding hydrogens is 316 g/mol. The number of benzene rings is 1. The van der Waals surface area contributed by atoms with E-state index >= 15 is 0 Å². The molecule has 5 nitrogen and oxygen atoms in total. The van der Waals surface area contributed by atoms with Crippen molar-refractivity contribution in [2.45, 2.75) is 26.8 Å². The SMILES string of the molecule is COc1cccc(CN2CCCN(C(=O)c3cc(C)oc3C)CC2)c1. The van der Waals surface area contributed by atoms with E-state index in [9.17, 15) is 4.79 Å². The molecule has 1 aromatic heterocycles. The molecule has 134 valence electrons. The standard InChI is InChI=1S/C20H26N2O3/c1-15-12-19(16(2)25-15)20(23)22-9-5-8-21(10-11-22)14-17-6-4-7-18(13-17)24-3/h4,6-7,12-13H,5,8-11,14H2,1-3H3. The average molecular weight is 342 g/mol. The molecule has 0 aliphatic carbocycles. The number of hydrogen-bond acceptors (Lipinski definition) is 4. The summed E-state index contributed by atoms with van der Waals surface area (Å²) in [6.07, 6.45) is 0.978. The average Bonchev–Trinajstić information content (AvgIpc) is 2.81. The van der Waals surface area contributed by atoms with Gasteiger partial charge in [0.2, 0.25) is 0 Å². The highest BCUT2D eigenvalue weighted by atomic mass is 16.5. The van der Waals surface area contributed by atoms with Crippen LogP contribution in [0.2, 0.25) is 0 Å². The Morgan fingerprint density at radius 3 is 2.72 bits per heavy atom. The van der Waals surface area contributed by atoms with Gasteiger partial charge in [-0.15, -0.1) is 0 Å². The van der Waals surface area contributed by atoms with Crippen molar-refractivity contribution in [3.63, 3.8) is 0 Å². The van der Waals surface area contributed by atoms with Crippen LogP contribution in [0.3, 0.4) is 0 Å². The van der Waals surface area contributed by atoms with Crippen LogP contribution in [0.15, 0.2) is 34.7 Å². The fourth-order valence-electron chi connectivity index (χ4n) is 3.37. The first-order valence-corrected chi connectivity index (χ1v) is 8.78. The molecule has 0 atom stereocenters. The van der Waals surface area contributed by atoms with Crippen molar-refractivity contribution < 1.29 is 13.9 Å². The summed E-state index contributed by atoms with van der Waals surface area (Å²) in [5.74, 6) is 2.46. The molecule has 0 unspecified atom stereocenters. The lowest BCUT2D eigenvalue weighted by molar-refractivity contribution is 0.0759. The van der Waals surface area contributed by atoms with Gasteiger partial charge in [0, 0.05) is 32.7 Å². The van der Waals surface area contributed by atoms with Crippen LogP contribution in [0.4, 0.5) is 0 Å². The zero-order chi connectivity index (χ0) is 17.8. The molecule has 25 heavy (non-hydrogen) atoms. The fourth-order valence-corrected chi connectivity index (χ4v) is 3.37. The van der Waals surface area contributed by atoms with Gasteiger partial charge in [0.05, 0.1) is 12.7 Å². The van der Waals surface area contributed by atoms with Crippen molar-refractivity contribution >= 4 is 5.91 Å². The van der Waals surface area contributed by atoms with Gasteiger partial charge in [-0.2, -0.15) is 0 Å². The number of aryl methyl sites for hydroxylation is 2. The number of hydrogen-bond donors (Lipinski definition) is 0. The number of methoxy groups -OCH3 is 1. The van der Waals surface area contributed by atoms with Crippen molar-refractivity contribution in [2.75, 3.05) is 33.3 Å². The Morgan fingerprint density at radius 2 is 2.00 bits per heavy atom. The summed E-state index contributed by atoms with van der Waals surface area (Å²) in [5, 5.41) is 0. The molecule has 1 saturated heterocycles. The quantitative estimate of drug-likeness (QED) is 0.856. The normalized spacial score (nSPS) is 15.9. The van der Waals surface area contributed by atoms with Crippen LogP contribution in [-0.4, -0.2) is 49.0 Å². The Balaban J connectivity index is 1.62. The molecule has 0 saturated carbocycles. The predicted molar refractivity (Wildman–Crippen MR) is 97.0 cm³/mol. The lowest BCUT2D eigenvalue weighted by Gasteiger charge is -2.22. The van der Waals surface area contributed by atoms with Crippen molar-refractivity contribution in [3.05, 3.63) is 53.0 Å². The van der Waals surface area contributed by atoms with Crippen LogP contribution in [-0.2, 0) is 6.54 Å². The second kappa shape index (κ2) is 7.74. The topological polar surface area (TPSA) is 45.9 Å². The molecule has 5 heteroatoms. The fraction of sp³-hybridized carbons (Fsp3) is 0.450. The molecule has 1 fully saturated rings. The third-order valence-corrected chi connectivity index (χ3v) is 4.69.